The Morgan fingerprint density at radius 2 is 1.89 bits per heavy atom. The second kappa shape index (κ2) is 12.3. The number of benzene rings is 2. The van der Waals surface area contributed by atoms with Gasteiger partial charge in [0.1, 0.15) is 17.7 Å². The normalized spacial score (nSPS) is 17.9. The van der Waals surface area contributed by atoms with Gasteiger partial charge in [-0.05, 0) is 66.7 Å². The van der Waals surface area contributed by atoms with Gasteiger partial charge in [-0.15, -0.1) is 0 Å². The van der Waals surface area contributed by atoms with Crippen LogP contribution < -0.4 is 10.1 Å². The Morgan fingerprint density at radius 3 is 2.68 bits per heavy atom. The highest BCUT2D eigenvalue weighted by atomic mass is 16.5. The van der Waals surface area contributed by atoms with Crippen molar-refractivity contribution >= 4 is 34.3 Å². The molecule has 8 nitrogen and oxygen atoms in total. The third-order valence-corrected chi connectivity index (χ3v) is 7.19. The number of carbonyl (C=O) groups excluding carboxylic acids is 1. The lowest BCUT2D eigenvalue weighted by Gasteiger charge is -2.29. The molecule has 0 saturated carbocycles. The largest absolute Gasteiger partial charge is 0.490 e. The van der Waals surface area contributed by atoms with E-state index in [1.54, 1.807) is 18.3 Å². The fourth-order valence-corrected chi connectivity index (χ4v) is 4.85. The summed E-state index contributed by atoms with van der Waals surface area (Å²) in [7, 11) is 2.12. The topological polar surface area (TPSA) is 90.8 Å². The van der Waals surface area contributed by atoms with Gasteiger partial charge in [0.25, 0.3) is 5.91 Å². The van der Waals surface area contributed by atoms with Crippen molar-refractivity contribution in [3.8, 4) is 5.75 Å². The number of rotatable bonds is 8. The van der Waals surface area contributed by atoms with Crippen LogP contribution in [0.5, 0.6) is 5.75 Å². The molecule has 0 radical (unpaired) electrons. The third-order valence-electron chi connectivity index (χ3n) is 7.19. The van der Waals surface area contributed by atoms with Crippen molar-refractivity contribution < 1.29 is 14.3 Å². The van der Waals surface area contributed by atoms with Gasteiger partial charge in [0, 0.05) is 56.1 Å². The van der Waals surface area contributed by atoms with Crippen molar-refractivity contribution in [1.82, 2.24) is 14.8 Å². The number of likely N-dealkylation sites (tertiary alicyclic amines) is 1. The van der Waals surface area contributed by atoms with Crippen LogP contribution in [0.25, 0.3) is 16.3 Å². The van der Waals surface area contributed by atoms with Crippen LogP contribution in [0.1, 0.15) is 28.8 Å². The van der Waals surface area contributed by atoms with E-state index >= 15 is 0 Å². The van der Waals surface area contributed by atoms with Crippen LogP contribution in [0.3, 0.4) is 0 Å². The number of pyridine rings is 1. The van der Waals surface area contributed by atoms with E-state index in [1.165, 1.54) is 6.21 Å². The highest BCUT2D eigenvalue weighted by Crippen LogP contribution is 2.24. The van der Waals surface area contributed by atoms with E-state index in [4.69, 9.17) is 14.9 Å². The van der Waals surface area contributed by atoms with Gasteiger partial charge >= 0.3 is 0 Å². The number of allylic oxidation sites excluding steroid dienone is 1. The molecule has 2 N–H and O–H groups in total. The predicted octanol–water partition coefficient (Wildman–Crippen LogP) is 4.33. The Hall–Kier alpha value is -3.59. The van der Waals surface area contributed by atoms with E-state index in [2.05, 4.69) is 33.2 Å². The standard InChI is InChI=1S/C30H35N5O3/c1-34-10-8-27(9-11-34)38-28-4-2-3-23(18-28)30(36)33-29-19-26-17-22(5-6-25(26)21-32-29)24(20-31)7-12-35-13-15-37-16-14-35/h2-7,17-21,27,31H,8-16H2,1H3,(H,32,33,36)/b24-7-,31-20?. The van der Waals surface area contributed by atoms with Gasteiger partial charge < -0.3 is 25.1 Å². The second-order valence-corrected chi connectivity index (χ2v) is 9.95. The van der Waals surface area contributed by atoms with Crippen molar-refractivity contribution in [2.24, 2.45) is 0 Å². The van der Waals surface area contributed by atoms with Gasteiger partial charge in [-0.1, -0.05) is 24.3 Å². The van der Waals surface area contributed by atoms with E-state index in [0.29, 0.717) is 17.1 Å². The minimum absolute atomic E-state index is 0.176. The number of hydrogen-bond donors (Lipinski definition) is 2. The molecule has 2 saturated heterocycles. The maximum Gasteiger partial charge on any atom is 0.256 e. The molecule has 2 aliphatic heterocycles. The molecular weight excluding hydrogens is 478 g/mol. The summed E-state index contributed by atoms with van der Waals surface area (Å²) in [6, 6.07) is 15.2. The number of amides is 1. The lowest BCUT2D eigenvalue weighted by atomic mass is 10.0. The zero-order valence-electron chi connectivity index (χ0n) is 21.9. The van der Waals surface area contributed by atoms with E-state index in [9.17, 15) is 4.79 Å². The summed E-state index contributed by atoms with van der Waals surface area (Å²) in [5.74, 6) is 0.966. The molecule has 1 amide bonds. The number of hydrogen-bond acceptors (Lipinski definition) is 7. The Morgan fingerprint density at radius 1 is 1.08 bits per heavy atom. The van der Waals surface area contributed by atoms with E-state index in [0.717, 1.165) is 80.7 Å². The lowest BCUT2D eigenvalue weighted by Crippen LogP contribution is -2.36. The summed E-state index contributed by atoms with van der Waals surface area (Å²) < 4.78 is 11.6. The molecule has 198 valence electrons. The number of carbonyl (C=O) groups is 1. The second-order valence-electron chi connectivity index (χ2n) is 9.95. The highest BCUT2D eigenvalue weighted by Gasteiger charge is 2.18. The first-order valence-corrected chi connectivity index (χ1v) is 13.2. The summed E-state index contributed by atoms with van der Waals surface area (Å²) in [4.78, 5) is 22.1. The van der Waals surface area contributed by atoms with Gasteiger partial charge in [-0.25, -0.2) is 4.98 Å². The van der Waals surface area contributed by atoms with Gasteiger partial charge in [-0.3, -0.25) is 9.69 Å². The first kappa shape index (κ1) is 26.0. The summed E-state index contributed by atoms with van der Waals surface area (Å²) in [6.45, 7) is 6.13. The summed E-state index contributed by atoms with van der Waals surface area (Å²) in [5.41, 5.74) is 2.36. The quantitative estimate of drug-likeness (QED) is 0.436. The summed E-state index contributed by atoms with van der Waals surface area (Å²) >= 11 is 0. The zero-order chi connectivity index (χ0) is 26.3. The van der Waals surface area contributed by atoms with Crippen LogP contribution in [0.4, 0.5) is 5.82 Å². The monoisotopic (exact) mass is 513 g/mol. The number of fused-ring (bicyclic) bond motifs is 1. The molecule has 0 atom stereocenters. The molecule has 0 bridgehead atoms. The fourth-order valence-electron chi connectivity index (χ4n) is 4.85. The molecule has 5 rings (SSSR count). The zero-order valence-corrected chi connectivity index (χ0v) is 21.9. The molecule has 3 heterocycles. The van der Waals surface area contributed by atoms with Crippen molar-refractivity contribution in [2.75, 3.05) is 58.3 Å². The minimum Gasteiger partial charge on any atom is -0.490 e. The van der Waals surface area contributed by atoms with Crippen LogP contribution in [-0.4, -0.2) is 86.0 Å². The number of ether oxygens (including phenoxy) is 2. The number of nitrogens with zero attached hydrogens (tertiary/aromatic N) is 3. The number of piperidine rings is 1. The Balaban J connectivity index is 1.27. The van der Waals surface area contributed by atoms with Crippen LogP contribution in [-0.2, 0) is 4.74 Å². The Kier molecular flexibility index (Phi) is 8.43. The highest BCUT2D eigenvalue weighted by molar-refractivity contribution is 6.09. The molecule has 38 heavy (non-hydrogen) atoms. The minimum atomic E-state index is -0.229. The number of nitrogens with one attached hydrogen (secondary N) is 2. The average Bonchev–Trinajstić information content (AvgIpc) is 2.95. The average molecular weight is 514 g/mol. The summed E-state index contributed by atoms with van der Waals surface area (Å²) in [5, 5.41) is 12.8. The molecule has 8 heteroatoms. The van der Waals surface area contributed by atoms with E-state index < -0.39 is 0 Å². The number of aromatic nitrogens is 1. The van der Waals surface area contributed by atoms with Crippen LogP contribution in [0.15, 0.2) is 60.8 Å². The Labute approximate surface area is 223 Å². The van der Waals surface area contributed by atoms with Crippen molar-refractivity contribution in [2.45, 2.75) is 18.9 Å². The first-order chi connectivity index (χ1) is 18.6. The SMILES string of the molecule is CN1CCC(Oc2cccc(C(=O)Nc3cc4cc(/C(C=N)=C\CN5CCOCC5)ccc4cn3)c2)CC1. The van der Waals surface area contributed by atoms with Crippen LogP contribution in [0, 0.1) is 5.41 Å². The summed E-state index contributed by atoms with van der Waals surface area (Å²) in [6.07, 6.45) is 7.39. The predicted molar refractivity (Wildman–Crippen MR) is 151 cm³/mol. The third kappa shape index (κ3) is 6.64. The van der Waals surface area contributed by atoms with Gasteiger partial charge in [0.15, 0.2) is 0 Å². The van der Waals surface area contributed by atoms with E-state index in [-0.39, 0.29) is 12.0 Å². The molecule has 2 aromatic carbocycles. The fraction of sp³-hybridized carbons (Fsp3) is 0.367. The smallest absolute Gasteiger partial charge is 0.256 e. The molecule has 0 spiro atoms. The van der Waals surface area contributed by atoms with Gasteiger partial charge in [0.2, 0.25) is 0 Å². The van der Waals surface area contributed by atoms with Crippen molar-refractivity contribution in [1.29, 1.82) is 5.41 Å². The van der Waals surface area contributed by atoms with Gasteiger partial charge in [0.05, 0.1) is 13.2 Å². The molecule has 2 fully saturated rings. The lowest BCUT2D eigenvalue weighted by molar-refractivity contribution is 0.0435. The number of anilines is 1. The Bertz CT molecular complexity index is 1310. The van der Waals surface area contributed by atoms with Crippen LogP contribution in [0.2, 0.25) is 0 Å². The van der Waals surface area contributed by atoms with Gasteiger partial charge in [-0.2, -0.15) is 0 Å². The van der Waals surface area contributed by atoms with Crippen LogP contribution >= 0.6 is 0 Å². The molecule has 0 unspecified atom stereocenters. The van der Waals surface area contributed by atoms with E-state index in [1.807, 2.05) is 36.4 Å². The molecule has 2 aliphatic rings. The molecule has 3 aromatic rings. The molecule has 1 aromatic heterocycles. The van der Waals surface area contributed by atoms with Crippen molar-refractivity contribution in [3.63, 3.8) is 0 Å². The molecular formula is C30H35N5O3. The molecule has 0 aliphatic carbocycles. The maximum atomic E-state index is 13.0. The number of morpholine rings is 1. The van der Waals surface area contributed by atoms with Crippen molar-refractivity contribution in [3.05, 3.63) is 71.9 Å². The first-order valence-electron chi connectivity index (χ1n) is 13.2. The maximum absolute atomic E-state index is 13.0.